The van der Waals surface area contributed by atoms with Crippen molar-refractivity contribution in [2.24, 2.45) is 5.41 Å². The maximum Gasteiger partial charge on any atom is 0.0942 e. The fourth-order valence-corrected chi connectivity index (χ4v) is 2.54. The third-order valence-electron chi connectivity index (χ3n) is 3.38. The van der Waals surface area contributed by atoms with E-state index in [4.69, 9.17) is 9.47 Å². The lowest BCUT2D eigenvalue weighted by molar-refractivity contribution is -0.130. The van der Waals surface area contributed by atoms with Crippen LogP contribution in [0.1, 0.15) is 25.7 Å². The highest BCUT2D eigenvalue weighted by atomic mass is 16.6. The molecule has 3 rings (SSSR count). The molecule has 2 atom stereocenters. The van der Waals surface area contributed by atoms with E-state index in [0.29, 0.717) is 17.6 Å². The second kappa shape index (κ2) is 1.99. The number of rotatable bonds is 0. The molecule has 1 aliphatic carbocycles. The third-order valence-corrected chi connectivity index (χ3v) is 3.38. The Hall–Kier alpha value is -0.0800. The van der Waals surface area contributed by atoms with E-state index in [2.05, 4.69) is 0 Å². The van der Waals surface area contributed by atoms with Crippen LogP contribution >= 0.6 is 0 Å². The fraction of sp³-hybridized carbons (Fsp3) is 1.00. The van der Waals surface area contributed by atoms with Gasteiger partial charge in [0, 0.05) is 5.41 Å². The summed E-state index contributed by atoms with van der Waals surface area (Å²) >= 11 is 0. The molecule has 0 N–H and O–H groups in total. The molecule has 1 spiro atoms. The van der Waals surface area contributed by atoms with Crippen molar-refractivity contribution in [2.45, 2.75) is 37.9 Å². The third kappa shape index (κ3) is 0.798. The fourth-order valence-electron chi connectivity index (χ4n) is 2.54. The van der Waals surface area contributed by atoms with Crippen molar-refractivity contribution < 1.29 is 9.47 Å². The standard InChI is InChI=1S/C9H14O2/c1-2-4-9(5-10-6-9)8-7(3-1)11-8/h7-8H,1-6H2. The number of ether oxygens (including phenoxy) is 2. The zero-order valence-corrected chi connectivity index (χ0v) is 6.71. The quantitative estimate of drug-likeness (QED) is 0.491. The van der Waals surface area contributed by atoms with E-state index in [0.717, 1.165) is 13.2 Å². The predicted octanol–water partition coefficient (Wildman–Crippen LogP) is 1.34. The van der Waals surface area contributed by atoms with Crippen molar-refractivity contribution in [1.29, 1.82) is 0 Å². The van der Waals surface area contributed by atoms with Gasteiger partial charge < -0.3 is 9.47 Å². The Morgan fingerprint density at radius 1 is 1.18 bits per heavy atom. The molecule has 2 heteroatoms. The van der Waals surface area contributed by atoms with Crippen LogP contribution in [0.2, 0.25) is 0 Å². The summed E-state index contributed by atoms with van der Waals surface area (Å²) in [6.45, 7) is 1.93. The van der Waals surface area contributed by atoms with Gasteiger partial charge in [-0.1, -0.05) is 12.8 Å². The first-order valence-electron chi connectivity index (χ1n) is 4.64. The molecule has 0 aromatic heterocycles. The maximum absolute atomic E-state index is 5.64. The van der Waals surface area contributed by atoms with Crippen LogP contribution in [-0.2, 0) is 9.47 Å². The summed E-state index contributed by atoms with van der Waals surface area (Å²) in [6.07, 6.45) is 6.59. The minimum Gasteiger partial charge on any atom is -0.380 e. The Labute approximate surface area is 66.9 Å². The van der Waals surface area contributed by atoms with Crippen molar-refractivity contribution >= 4 is 0 Å². The molecule has 2 unspecified atom stereocenters. The average molecular weight is 154 g/mol. The van der Waals surface area contributed by atoms with E-state index in [1.165, 1.54) is 25.7 Å². The minimum absolute atomic E-state index is 0.473. The number of hydrogen-bond acceptors (Lipinski definition) is 2. The van der Waals surface area contributed by atoms with Crippen molar-refractivity contribution in [3.63, 3.8) is 0 Å². The van der Waals surface area contributed by atoms with Crippen LogP contribution in [-0.4, -0.2) is 25.4 Å². The lowest BCUT2D eigenvalue weighted by atomic mass is 9.78. The second-order valence-electron chi connectivity index (χ2n) is 4.20. The molecular formula is C9H14O2. The summed E-state index contributed by atoms with van der Waals surface area (Å²) in [4.78, 5) is 0. The Morgan fingerprint density at radius 3 is 2.82 bits per heavy atom. The number of fused-ring (bicyclic) bond motifs is 2. The largest absolute Gasteiger partial charge is 0.380 e. The molecule has 0 amide bonds. The summed E-state index contributed by atoms with van der Waals surface area (Å²) in [5.74, 6) is 0. The van der Waals surface area contributed by atoms with Gasteiger partial charge in [-0.25, -0.2) is 0 Å². The molecule has 3 fully saturated rings. The Kier molecular flexibility index (Phi) is 1.16. The topological polar surface area (TPSA) is 21.8 Å². The molecule has 2 heterocycles. The molecule has 0 radical (unpaired) electrons. The highest BCUT2D eigenvalue weighted by molar-refractivity contribution is 5.05. The molecule has 62 valence electrons. The lowest BCUT2D eigenvalue weighted by Gasteiger charge is -2.40. The lowest BCUT2D eigenvalue weighted by Crippen LogP contribution is -2.47. The van der Waals surface area contributed by atoms with Crippen molar-refractivity contribution in [3.8, 4) is 0 Å². The van der Waals surface area contributed by atoms with Gasteiger partial charge in [0.05, 0.1) is 25.4 Å². The van der Waals surface area contributed by atoms with Crippen molar-refractivity contribution in [2.75, 3.05) is 13.2 Å². The van der Waals surface area contributed by atoms with E-state index in [1.54, 1.807) is 0 Å². The summed E-state index contributed by atoms with van der Waals surface area (Å²) in [5.41, 5.74) is 0.473. The zero-order chi connectivity index (χ0) is 7.31. The van der Waals surface area contributed by atoms with E-state index < -0.39 is 0 Å². The SMILES string of the molecule is C1CCC2(COC2)C2OC2C1. The summed E-state index contributed by atoms with van der Waals surface area (Å²) in [5, 5.41) is 0. The van der Waals surface area contributed by atoms with Gasteiger partial charge >= 0.3 is 0 Å². The zero-order valence-electron chi connectivity index (χ0n) is 6.71. The van der Waals surface area contributed by atoms with Crippen LogP contribution in [0.4, 0.5) is 0 Å². The van der Waals surface area contributed by atoms with E-state index in [-0.39, 0.29) is 0 Å². The van der Waals surface area contributed by atoms with Gasteiger partial charge in [0.25, 0.3) is 0 Å². The van der Waals surface area contributed by atoms with Crippen molar-refractivity contribution in [1.82, 2.24) is 0 Å². The first-order valence-corrected chi connectivity index (χ1v) is 4.64. The molecular weight excluding hydrogens is 140 g/mol. The molecule has 2 saturated heterocycles. The highest BCUT2D eigenvalue weighted by Crippen LogP contribution is 2.51. The molecule has 3 aliphatic rings. The maximum atomic E-state index is 5.64. The van der Waals surface area contributed by atoms with Gasteiger partial charge in [-0.3, -0.25) is 0 Å². The van der Waals surface area contributed by atoms with Crippen LogP contribution in [0.25, 0.3) is 0 Å². The molecule has 0 aromatic rings. The molecule has 0 bridgehead atoms. The molecule has 2 nitrogen and oxygen atoms in total. The van der Waals surface area contributed by atoms with E-state index in [9.17, 15) is 0 Å². The van der Waals surface area contributed by atoms with Crippen LogP contribution < -0.4 is 0 Å². The summed E-state index contributed by atoms with van der Waals surface area (Å²) in [7, 11) is 0. The molecule has 0 aromatic carbocycles. The minimum atomic E-state index is 0.473. The molecule has 11 heavy (non-hydrogen) atoms. The molecule has 1 saturated carbocycles. The predicted molar refractivity (Wildman–Crippen MR) is 40.4 cm³/mol. The Balaban J connectivity index is 1.80. The monoisotopic (exact) mass is 154 g/mol. The average Bonchev–Trinajstić information content (AvgIpc) is 2.58. The second-order valence-corrected chi connectivity index (χ2v) is 4.20. The van der Waals surface area contributed by atoms with E-state index in [1.807, 2.05) is 0 Å². The smallest absolute Gasteiger partial charge is 0.0942 e. The number of epoxide rings is 1. The highest BCUT2D eigenvalue weighted by Gasteiger charge is 2.58. The van der Waals surface area contributed by atoms with Crippen LogP contribution in [0.3, 0.4) is 0 Å². The summed E-state index contributed by atoms with van der Waals surface area (Å²) < 4.78 is 10.9. The normalized spacial score (nSPS) is 45.8. The molecule has 2 aliphatic heterocycles. The van der Waals surface area contributed by atoms with Gasteiger partial charge in [0.2, 0.25) is 0 Å². The Morgan fingerprint density at radius 2 is 2.09 bits per heavy atom. The first-order chi connectivity index (χ1) is 5.41. The Bertz CT molecular complexity index is 174. The van der Waals surface area contributed by atoms with Crippen LogP contribution in [0.15, 0.2) is 0 Å². The number of hydrogen-bond donors (Lipinski definition) is 0. The van der Waals surface area contributed by atoms with Gasteiger partial charge in [0.15, 0.2) is 0 Å². The van der Waals surface area contributed by atoms with Gasteiger partial charge in [-0.05, 0) is 12.8 Å². The van der Waals surface area contributed by atoms with Crippen LogP contribution in [0.5, 0.6) is 0 Å². The van der Waals surface area contributed by atoms with Crippen LogP contribution in [0, 0.1) is 5.41 Å². The van der Waals surface area contributed by atoms with Gasteiger partial charge in [-0.2, -0.15) is 0 Å². The van der Waals surface area contributed by atoms with E-state index >= 15 is 0 Å². The first kappa shape index (κ1) is 6.44. The van der Waals surface area contributed by atoms with Gasteiger partial charge in [-0.15, -0.1) is 0 Å². The summed E-state index contributed by atoms with van der Waals surface area (Å²) in [6, 6.07) is 0. The van der Waals surface area contributed by atoms with Gasteiger partial charge in [0.1, 0.15) is 0 Å². The van der Waals surface area contributed by atoms with Crippen molar-refractivity contribution in [3.05, 3.63) is 0 Å².